The van der Waals surface area contributed by atoms with Gasteiger partial charge < -0.3 is 4.98 Å². The molecule has 0 atom stereocenters. The molecule has 3 aromatic rings. The molecule has 0 amide bonds. The van der Waals surface area contributed by atoms with Crippen molar-refractivity contribution in [3.8, 4) is 17.3 Å². The number of H-pyrrole nitrogens is 1. The third-order valence-electron chi connectivity index (χ3n) is 3.42. The molecule has 0 saturated carbocycles. The number of benzene rings is 1. The lowest BCUT2D eigenvalue weighted by Crippen LogP contribution is -2.13. The van der Waals surface area contributed by atoms with Crippen LogP contribution in [0.25, 0.3) is 11.3 Å². The highest BCUT2D eigenvalue weighted by molar-refractivity contribution is 7.92. The minimum atomic E-state index is -3.74. The van der Waals surface area contributed by atoms with Gasteiger partial charge in [0.15, 0.2) is 0 Å². The first-order chi connectivity index (χ1) is 12.0. The zero-order valence-electron chi connectivity index (χ0n) is 12.8. The molecule has 0 radical (unpaired) electrons. The Labute approximate surface area is 143 Å². The zero-order chi connectivity index (χ0) is 17.9. The average molecular weight is 352 g/mol. The number of nitrogens with zero attached hydrogens (tertiary/aromatic N) is 2. The lowest BCUT2D eigenvalue weighted by molar-refractivity contribution is 0.601. The Morgan fingerprint density at radius 2 is 1.84 bits per heavy atom. The largest absolute Gasteiger partial charge is 0.321 e. The van der Waals surface area contributed by atoms with Crippen LogP contribution in [0.3, 0.4) is 0 Å². The first-order valence-electron chi connectivity index (χ1n) is 7.16. The maximum absolute atomic E-state index is 12.4. The molecule has 7 nitrogen and oxygen atoms in total. The Morgan fingerprint density at radius 3 is 2.44 bits per heavy atom. The van der Waals surface area contributed by atoms with Crippen molar-refractivity contribution in [1.82, 2.24) is 9.97 Å². The van der Waals surface area contributed by atoms with Crippen LogP contribution in [0.4, 0.5) is 5.69 Å². The van der Waals surface area contributed by atoms with Crippen LogP contribution in [0.1, 0.15) is 5.56 Å². The topological polar surface area (TPSA) is 116 Å². The van der Waals surface area contributed by atoms with E-state index in [2.05, 4.69) is 14.7 Å². The molecule has 0 aliphatic rings. The molecular formula is C17H12N4O3S. The fourth-order valence-electron chi connectivity index (χ4n) is 2.18. The first kappa shape index (κ1) is 16.4. The summed E-state index contributed by atoms with van der Waals surface area (Å²) < 4.78 is 27.1. The number of anilines is 1. The lowest BCUT2D eigenvalue weighted by Gasteiger charge is -2.08. The number of sulfonamides is 1. The second kappa shape index (κ2) is 6.59. The summed E-state index contributed by atoms with van der Waals surface area (Å²) in [5.74, 6) is 0. The normalized spacial score (nSPS) is 10.8. The van der Waals surface area contributed by atoms with Crippen molar-refractivity contribution in [2.75, 3.05) is 4.72 Å². The number of hydrogen-bond acceptors (Lipinski definition) is 5. The maximum Gasteiger partial charge on any atom is 0.266 e. The van der Waals surface area contributed by atoms with Crippen LogP contribution in [0.15, 0.2) is 70.6 Å². The molecule has 0 aliphatic heterocycles. The van der Waals surface area contributed by atoms with Crippen LogP contribution >= 0.6 is 0 Å². The second-order valence-corrected chi connectivity index (χ2v) is 6.78. The van der Waals surface area contributed by atoms with Crippen LogP contribution in [-0.2, 0) is 10.0 Å². The predicted octanol–water partition coefficient (Wildman–Crippen LogP) is 2.11. The molecule has 2 aromatic heterocycles. The van der Waals surface area contributed by atoms with Crippen molar-refractivity contribution in [2.24, 2.45) is 0 Å². The molecule has 1 aromatic carbocycles. The number of aromatic nitrogens is 2. The molecule has 25 heavy (non-hydrogen) atoms. The van der Waals surface area contributed by atoms with Gasteiger partial charge in [0.1, 0.15) is 11.6 Å². The van der Waals surface area contributed by atoms with Crippen molar-refractivity contribution < 1.29 is 8.42 Å². The van der Waals surface area contributed by atoms with E-state index in [9.17, 15) is 13.2 Å². The highest BCUT2D eigenvalue weighted by atomic mass is 32.2. The summed E-state index contributed by atoms with van der Waals surface area (Å²) >= 11 is 0. The van der Waals surface area contributed by atoms with Crippen LogP contribution in [0.2, 0.25) is 0 Å². The molecule has 3 rings (SSSR count). The third-order valence-corrected chi connectivity index (χ3v) is 4.82. The van der Waals surface area contributed by atoms with Gasteiger partial charge in [0.25, 0.3) is 15.6 Å². The smallest absolute Gasteiger partial charge is 0.266 e. The van der Waals surface area contributed by atoms with Crippen molar-refractivity contribution in [3.63, 3.8) is 0 Å². The Hall–Kier alpha value is -3.44. The standard InChI is InChI=1S/C17H12N4O3S/c18-10-13-5-8-16(20-17(13)22)12-3-6-15(7-4-12)25(23,24)21-14-2-1-9-19-11-14/h1-9,11,21H,(H,20,22). The summed E-state index contributed by atoms with van der Waals surface area (Å²) in [4.78, 5) is 18.2. The molecule has 0 fully saturated rings. The van der Waals surface area contributed by atoms with E-state index in [1.807, 2.05) is 0 Å². The SMILES string of the molecule is N#Cc1ccc(-c2ccc(S(=O)(=O)Nc3cccnc3)cc2)[nH]c1=O. The highest BCUT2D eigenvalue weighted by Crippen LogP contribution is 2.20. The molecule has 0 saturated heterocycles. The van der Waals surface area contributed by atoms with Crippen LogP contribution in [-0.4, -0.2) is 18.4 Å². The number of nitrogens with one attached hydrogen (secondary N) is 2. The van der Waals surface area contributed by atoms with E-state index >= 15 is 0 Å². The quantitative estimate of drug-likeness (QED) is 0.746. The van der Waals surface area contributed by atoms with Gasteiger partial charge in [0.05, 0.1) is 16.8 Å². The Kier molecular flexibility index (Phi) is 4.33. The predicted molar refractivity (Wildman–Crippen MR) is 92.3 cm³/mol. The molecule has 0 spiro atoms. The number of aromatic amines is 1. The summed E-state index contributed by atoms with van der Waals surface area (Å²) in [5.41, 5.74) is 1.01. The van der Waals surface area contributed by atoms with Crippen molar-refractivity contribution in [3.05, 3.63) is 76.8 Å². The van der Waals surface area contributed by atoms with Crippen molar-refractivity contribution in [1.29, 1.82) is 5.26 Å². The number of nitriles is 1. The number of rotatable bonds is 4. The van der Waals surface area contributed by atoms with E-state index in [1.165, 1.54) is 24.4 Å². The Bertz CT molecular complexity index is 1100. The van der Waals surface area contributed by atoms with Crippen molar-refractivity contribution in [2.45, 2.75) is 4.90 Å². The molecule has 8 heteroatoms. The summed E-state index contributed by atoms with van der Waals surface area (Å²) in [6, 6.07) is 14.1. The lowest BCUT2D eigenvalue weighted by atomic mass is 10.1. The molecule has 2 heterocycles. The van der Waals surface area contributed by atoms with E-state index in [0.717, 1.165) is 0 Å². The van der Waals surface area contributed by atoms with E-state index in [-0.39, 0.29) is 10.5 Å². The summed E-state index contributed by atoms with van der Waals surface area (Å²) in [6.45, 7) is 0. The zero-order valence-corrected chi connectivity index (χ0v) is 13.6. The minimum absolute atomic E-state index is 0.0172. The molecule has 0 aliphatic carbocycles. The van der Waals surface area contributed by atoms with Gasteiger partial charge in [-0.3, -0.25) is 14.5 Å². The van der Waals surface area contributed by atoms with Gasteiger partial charge in [0.2, 0.25) is 0 Å². The van der Waals surface area contributed by atoms with Gasteiger partial charge in [-0.05, 0) is 42.0 Å². The molecular weight excluding hydrogens is 340 g/mol. The van der Waals surface area contributed by atoms with Crippen LogP contribution in [0.5, 0.6) is 0 Å². The van der Waals surface area contributed by atoms with E-state index in [4.69, 9.17) is 5.26 Å². The summed E-state index contributed by atoms with van der Waals surface area (Å²) in [7, 11) is -3.74. The molecule has 124 valence electrons. The van der Waals surface area contributed by atoms with Crippen LogP contribution < -0.4 is 10.3 Å². The van der Waals surface area contributed by atoms with Gasteiger partial charge in [0, 0.05) is 11.9 Å². The Balaban J connectivity index is 1.88. The molecule has 2 N–H and O–H groups in total. The third kappa shape index (κ3) is 3.57. The number of pyridine rings is 2. The fraction of sp³-hybridized carbons (Fsp3) is 0. The van der Waals surface area contributed by atoms with E-state index in [0.29, 0.717) is 16.9 Å². The van der Waals surface area contributed by atoms with Gasteiger partial charge in [-0.1, -0.05) is 12.1 Å². The summed E-state index contributed by atoms with van der Waals surface area (Å²) in [5, 5.41) is 8.78. The van der Waals surface area contributed by atoms with Crippen molar-refractivity contribution >= 4 is 15.7 Å². The highest BCUT2D eigenvalue weighted by Gasteiger charge is 2.14. The summed E-state index contributed by atoms with van der Waals surface area (Å²) in [6.07, 6.45) is 2.96. The van der Waals surface area contributed by atoms with E-state index < -0.39 is 15.6 Å². The molecule has 0 unspecified atom stereocenters. The molecule has 0 bridgehead atoms. The maximum atomic E-state index is 12.4. The fourth-order valence-corrected chi connectivity index (χ4v) is 3.22. The minimum Gasteiger partial charge on any atom is -0.321 e. The van der Waals surface area contributed by atoms with Gasteiger partial charge in [-0.25, -0.2) is 8.42 Å². The van der Waals surface area contributed by atoms with Gasteiger partial charge >= 0.3 is 0 Å². The average Bonchev–Trinajstić information content (AvgIpc) is 2.62. The second-order valence-electron chi connectivity index (χ2n) is 5.10. The van der Waals surface area contributed by atoms with Crippen LogP contribution in [0, 0.1) is 11.3 Å². The monoisotopic (exact) mass is 352 g/mol. The number of hydrogen-bond donors (Lipinski definition) is 2. The van der Waals surface area contributed by atoms with Gasteiger partial charge in [-0.15, -0.1) is 0 Å². The van der Waals surface area contributed by atoms with E-state index in [1.54, 1.807) is 42.6 Å². The Morgan fingerprint density at radius 1 is 1.08 bits per heavy atom. The first-order valence-corrected chi connectivity index (χ1v) is 8.64. The van der Waals surface area contributed by atoms with Gasteiger partial charge in [-0.2, -0.15) is 5.26 Å².